The van der Waals surface area contributed by atoms with Crippen LogP contribution in [0.1, 0.15) is 32.6 Å². The fourth-order valence-corrected chi connectivity index (χ4v) is 0.631. The Morgan fingerprint density at radius 2 is 2.00 bits per heavy atom. The molecule has 0 aromatic carbocycles. The molecule has 0 atom stereocenters. The van der Waals surface area contributed by atoms with Crippen LogP contribution in [-0.4, -0.2) is 6.61 Å². The van der Waals surface area contributed by atoms with Crippen LogP contribution >= 0.6 is 24.0 Å². The van der Waals surface area contributed by atoms with Gasteiger partial charge in [0.1, 0.15) is 6.61 Å². The number of hydrogen-bond acceptors (Lipinski definition) is 3. The summed E-state index contributed by atoms with van der Waals surface area (Å²) >= 11 is 0. The van der Waals surface area contributed by atoms with Crippen molar-refractivity contribution < 1.29 is 4.84 Å². The molecule has 4 heteroatoms. The molecule has 0 fully saturated rings. The van der Waals surface area contributed by atoms with Crippen LogP contribution in [0.2, 0.25) is 0 Å². The second kappa shape index (κ2) is 11.9. The third-order valence-electron chi connectivity index (χ3n) is 1.14. The van der Waals surface area contributed by atoms with Gasteiger partial charge in [0.2, 0.25) is 0 Å². The molecule has 0 aliphatic heterocycles. The summed E-state index contributed by atoms with van der Waals surface area (Å²) in [6, 6.07) is 0. The van der Waals surface area contributed by atoms with Gasteiger partial charge in [-0.2, -0.15) is 0 Å². The van der Waals surface area contributed by atoms with Crippen LogP contribution in [0.15, 0.2) is 5.34 Å². The van der Waals surface area contributed by atoms with E-state index in [1.54, 1.807) is 0 Å². The molecular formula is C6H14INO2. The molecule has 0 heterocycles. The average molecular weight is 259 g/mol. The lowest BCUT2D eigenvalue weighted by Crippen LogP contribution is -1.85. The maximum absolute atomic E-state index is 9.37. The summed E-state index contributed by atoms with van der Waals surface area (Å²) in [6.07, 6.45) is 4.49. The summed E-state index contributed by atoms with van der Waals surface area (Å²) in [4.78, 5) is 13.6. The molecule has 0 saturated heterocycles. The highest BCUT2D eigenvalue weighted by molar-refractivity contribution is 14.0. The molecule has 0 bridgehead atoms. The molecule has 0 rings (SSSR count). The molecule has 0 radical (unpaired) electrons. The summed E-state index contributed by atoms with van der Waals surface area (Å²) in [5.74, 6) is 0. The van der Waals surface area contributed by atoms with Gasteiger partial charge in [-0.3, -0.25) is 0 Å². The maximum Gasteiger partial charge on any atom is 0.155 e. The molecule has 0 aromatic heterocycles. The van der Waals surface area contributed by atoms with Gasteiger partial charge in [-0.05, 0) is 12.8 Å². The van der Waals surface area contributed by atoms with Crippen LogP contribution in [0.25, 0.3) is 0 Å². The van der Waals surface area contributed by atoms with E-state index in [0.29, 0.717) is 6.61 Å². The summed E-state index contributed by atoms with van der Waals surface area (Å²) in [5.41, 5.74) is 0. The van der Waals surface area contributed by atoms with E-state index in [4.69, 9.17) is 0 Å². The van der Waals surface area contributed by atoms with E-state index in [1.807, 2.05) is 0 Å². The second-order valence-electron chi connectivity index (χ2n) is 1.97. The lowest BCUT2D eigenvalue weighted by atomic mass is 10.2. The largest absolute Gasteiger partial charge is 0.364 e. The van der Waals surface area contributed by atoms with Crippen molar-refractivity contribution >= 4 is 24.0 Å². The Bertz CT molecular complexity index is 70.8. The van der Waals surface area contributed by atoms with E-state index < -0.39 is 0 Å². The van der Waals surface area contributed by atoms with E-state index in [2.05, 4.69) is 17.1 Å². The topological polar surface area (TPSA) is 38.7 Å². The van der Waals surface area contributed by atoms with Crippen molar-refractivity contribution in [2.75, 3.05) is 6.61 Å². The molecule has 0 amide bonds. The van der Waals surface area contributed by atoms with Crippen molar-refractivity contribution in [2.45, 2.75) is 32.6 Å². The van der Waals surface area contributed by atoms with Gasteiger partial charge in [-0.1, -0.05) is 19.8 Å². The van der Waals surface area contributed by atoms with Gasteiger partial charge in [-0.15, -0.1) is 28.9 Å². The fraction of sp³-hybridized carbons (Fsp3) is 1.00. The standard InChI is InChI=1S/C6H13NO2.HI/c1-2-3-4-5-6-9-7-8;/h2-6H2,1H3;1H. The average Bonchev–Trinajstić information content (AvgIpc) is 1.89. The minimum atomic E-state index is 0. The van der Waals surface area contributed by atoms with Crippen LogP contribution in [0.4, 0.5) is 0 Å². The summed E-state index contributed by atoms with van der Waals surface area (Å²) in [5, 5.41) is 2.28. The first kappa shape index (κ1) is 12.8. The van der Waals surface area contributed by atoms with Crippen LogP contribution in [0.3, 0.4) is 0 Å². The molecule has 0 saturated carbocycles. The molecule has 62 valence electrons. The molecule has 0 aromatic rings. The zero-order valence-corrected chi connectivity index (χ0v) is 8.54. The van der Waals surface area contributed by atoms with Gasteiger partial charge >= 0.3 is 0 Å². The third kappa shape index (κ3) is 11.0. The summed E-state index contributed by atoms with van der Waals surface area (Å²) in [6.45, 7) is 2.61. The maximum atomic E-state index is 9.37. The molecular weight excluding hydrogens is 245 g/mol. The van der Waals surface area contributed by atoms with Crippen LogP contribution in [-0.2, 0) is 4.84 Å². The highest BCUT2D eigenvalue weighted by Gasteiger charge is 1.86. The minimum Gasteiger partial charge on any atom is -0.364 e. The monoisotopic (exact) mass is 259 g/mol. The predicted molar refractivity (Wildman–Crippen MR) is 51.3 cm³/mol. The van der Waals surface area contributed by atoms with Gasteiger partial charge in [-0.25, -0.2) is 0 Å². The van der Waals surface area contributed by atoms with E-state index in [9.17, 15) is 4.91 Å². The Kier molecular flexibility index (Phi) is 15.2. The number of hydrogen-bond donors (Lipinski definition) is 0. The SMILES string of the molecule is CCCCCCON=O.I. The number of halogens is 1. The highest BCUT2D eigenvalue weighted by Crippen LogP contribution is 1.98. The highest BCUT2D eigenvalue weighted by atomic mass is 127. The summed E-state index contributed by atoms with van der Waals surface area (Å²) < 4.78 is 0. The summed E-state index contributed by atoms with van der Waals surface area (Å²) in [7, 11) is 0. The Morgan fingerprint density at radius 3 is 2.50 bits per heavy atom. The zero-order chi connectivity index (χ0) is 6.95. The minimum absolute atomic E-state index is 0. The molecule has 0 spiro atoms. The molecule has 0 aliphatic rings. The van der Waals surface area contributed by atoms with E-state index in [1.165, 1.54) is 12.8 Å². The van der Waals surface area contributed by atoms with Gasteiger partial charge in [0.15, 0.2) is 5.34 Å². The fourth-order valence-electron chi connectivity index (χ4n) is 0.631. The lowest BCUT2D eigenvalue weighted by Gasteiger charge is -1.94. The Labute approximate surface area is 78.5 Å². The molecule has 0 unspecified atom stereocenters. The first-order valence-corrected chi connectivity index (χ1v) is 3.36. The van der Waals surface area contributed by atoms with Crippen molar-refractivity contribution in [1.29, 1.82) is 0 Å². The Balaban J connectivity index is 0. The van der Waals surface area contributed by atoms with Gasteiger partial charge in [0.05, 0.1) is 0 Å². The third-order valence-corrected chi connectivity index (χ3v) is 1.14. The van der Waals surface area contributed by atoms with E-state index >= 15 is 0 Å². The molecule has 0 N–H and O–H groups in total. The Hall–Kier alpha value is 0.130. The second-order valence-corrected chi connectivity index (χ2v) is 1.97. The van der Waals surface area contributed by atoms with Gasteiger partial charge in [0.25, 0.3) is 0 Å². The molecule has 3 nitrogen and oxygen atoms in total. The van der Waals surface area contributed by atoms with Crippen molar-refractivity contribution in [3.8, 4) is 0 Å². The van der Waals surface area contributed by atoms with Crippen LogP contribution in [0.5, 0.6) is 0 Å². The lowest BCUT2D eigenvalue weighted by molar-refractivity contribution is 0.135. The quantitative estimate of drug-likeness (QED) is 0.318. The van der Waals surface area contributed by atoms with Gasteiger partial charge < -0.3 is 4.84 Å². The first-order valence-electron chi connectivity index (χ1n) is 3.36. The normalized spacial score (nSPS) is 8.10. The van der Waals surface area contributed by atoms with Crippen molar-refractivity contribution in [2.24, 2.45) is 5.34 Å². The van der Waals surface area contributed by atoms with Crippen molar-refractivity contribution in [1.82, 2.24) is 0 Å². The number of nitrogens with zero attached hydrogens (tertiary/aromatic N) is 1. The Morgan fingerprint density at radius 1 is 1.30 bits per heavy atom. The van der Waals surface area contributed by atoms with E-state index in [0.717, 1.165) is 12.8 Å². The van der Waals surface area contributed by atoms with Gasteiger partial charge in [0, 0.05) is 0 Å². The van der Waals surface area contributed by atoms with Crippen molar-refractivity contribution in [3.05, 3.63) is 4.91 Å². The van der Waals surface area contributed by atoms with E-state index in [-0.39, 0.29) is 24.0 Å². The van der Waals surface area contributed by atoms with Crippen LogP contribution in [0, 0.1) is 4.91 Å². The number of unbranched alkanes of at least 4 members (excludes halogenated alkanes) is 3. The predicted octanol–water partition coefficient (Wildman–Crippen LogP) is 2.88. The molecule has 10 heavy (non-hydrogen) atoms. The smallest absolute Gasteiger partial charge is 0.155 e. The van der Waals surface area contributed by atoms with Crippen molar-refractivity contribution in [3.63, 3.8) is 0 Å². The first-order chi connectivity index (χ1) is 4.41. The number of rotatable bonds is 6. The zero-order valence-electron chi connectivity index (χ0n) is 6.21. The molecule has 0 aliphatic carbocycles. The van der Waals surface area contributed by atoms with Crippen LogP contribution < -0.4 is 0 Å².